The van der Waals surface area contributed by atoms with Gasteiger partial charge in [-0.15, -0.1) is 0 Å². The fraction of sp³-hybridized carbons (Fsp3) is 0.583. The van der Waals surface area contributed by atoms with Crippen LogP contribution in [0, 0.1) is 0 Å². The molecule has 0 atom stereocenters. The maximum atomic E-state index is 11.5. The number of anilines is 2. The molecule has 0 saturated heterocycles. The molecule has 0 aromatic carbocycles. The maximum Gasteiger partial charge on any atom is 0.239 e. The van der Waals surface area contributed by atoms with Crippen LogP contribution in [0.25, 0.3) is 0 Å². The van der Waals surface area contributed by atoms with Crippen LogP contribution in [0.4, 0.5) is 11.6 Å². The van der Waals surface area contributed by atoms with Gasteiger partial charge in [0.2, 0.25) is 5.91 Å². The number of nitrogens with zero attached hydrogens (tertiary/aromatic N) is 2. The molecule has 1 aliphatic carbocycles. The van der Waals surface area contributed by atoms with Gasteiger partial charge in [0.1, 0.15) is 18.2 Å². The Morgan fingerprint density at radius 1 is 1.53 bits per heavy atom. The zero-order valence-corrected chi connectivity index (χ0v) is 11.0. The number of rotatable bonds is 7. The summed E-state index contributed by atoms with van der Waals surface area (Å²) in [6.07, 6.45) is 2.15. The smallest absolute Gasteiger partial charge is 0.239 e. The Morgan fingerprint density at radius 3 is 3.00 bits per heavy atom. The number of nitrogens with one attached hydrogen (secondary N) is 2. The Kier molecular flexibility index (Phi) is 4.51. The van der Waals surface area contributed by atoms with Crippen molar-refractivity contribution in [1.82, 2.24) is 15.3 Å². The van der Waals surface area contributed by atoms with Crippen LogP contribution in [0.2, 0.25) is 0 Å². The molecule has 19 heavy (non-hydrogen) atoms. The molecule has 1 aromatic heterocycles. The zero-order chi connectivity index (χ0) is 13.7. The molecule has 1 aliphatic rings. The Labute approximate surface area is 111 Å². The maximum absolute atomic E-state index is 11.5. The van der Waals surface area contributed by atoms with Gasteiger partial charge in [-0.3, -0.25) is 4.79 Å². The average Bonchev–Trinajstić information content (AvgIpc) is 3.17. The quantitative estimate of drug-likeness (QED) is 0.654. The Bertz CT molecular complexity index is 448. The molecule has 104 valence electrons. The van der Waals surface area contributed by atoms with Crippen molar-refractivity contribution in [2.24, 2.45) is 0 Å². The molecule has 1 saturated carbocycles. The molecular formula is C12H19N5O2. The number of carbonyl (C=O) groups excluding carboxylic acids is 1. The average molecular weight is 265 g/mol. The predicted molar refractivity (Wildman–Crippen MR) is 71.4 cm³/mol. The highest BCUT2D eigenvalue weighted by molar-refractivity contribution is 5.81. The van der Waals surface area contributed by atoms with Gasteiger partial charge in [-0.2, -0.15) is 0 Å². The van der Waals surface area contributed by atoms with E-state index in [1.165, 1.54) is 0 Å². The van der Waals surface area contributed by atoms with Crippen molar-refractivity contribution >= 4 is 17.5 Å². The summed E-state index contributed by atoms with van der Waals surface area (Å²) in [6.45, 7) is 2.98. The van der Waals surface area contributed by atoms with Crippen LogP contribution in [0.1, 0.15) is 25.6 Å². The standard InChI is InChI=1S/C12H19N5O2/c1-2-19-7-11-16-9(13)5-10(17-11)14-6-12(18)15-8-3-4-8/h5,8H,2-4,6-7H2,1H3,(H,15,18)(H3,13,14,16,17). The molecule has 1 amide bonds. The molecule has 0 unspecified atom stereocenters. The van der Waals surface area contributed by atoms with E-state index in [-0.39, 0.29) is 12.5 Å². The van der Waals surface area contributed by atoms with Crippen molar-refractivity contribution in [2.75, 3.05) is 24.2 Å². The molecule has 1 fully saturated rings. The SMILES string of the molecule is CCOCc1nc(N)cc(NCC(=O)NC2CC2)n1. The van der Waals surface area contributed by atoms with Crippen LogP contribution in [-0.2, 0) is 16.1 Å². The van der Waals surface area contributed by atoms with Gasteiger partial charge in [-0.1, -0.05) is 0 Å². The van der Waals surface area contributed by atoms with Gasteiger partial charge in [0.25, 0.3) is 0 Å². The Balaban J connectivity index is 1.87. The molecule has 0 aliphatic heterocycles. The van der Waals surface area contributed by atoms with Crippen LogP contribution in [-0.4, -0.2) is 35.1 Å². The van der Waals surface area contributed by atoms with Crippen molar-refractivity contribution < 1.29 is 9.53 Å². The van der Waals surface area contributed by atoms with Gasteiger partial charge in [0.15, 0.2) is 5.82 Å². The second-order valence-corrected chi connectivity index (χ2v) is 4.43. The van der Waals surface area contributed by atoms with Gasteiger partial charge in [-0.25, -0.2) is 9.97 Å². The van der Waals surface area contributed by atoms with Crippen LogP contribution < -0.4 is 16.4 Å². The summed E-state index contributed by atoms with van der Waals surface area (Å²) in [5, 5.41) is 5.82. The lowest BCUT2D eigenvalue weighted by atomic mass is 10.4. The van der Waals surface area contributed by atoms with Gasteiger partial charge in [-0.05, 0) is 19.8 Å². The molecule has 1 heterocycles. The van der Waals surface area contributed by atoms with E-state index in [9.17, 15) is 4.79 Å². The van der Waals surface area contributed by atoms with E-state index in [1.54, 1.807) is 6.07 Å². The third-order valence-electron chi connectivity index (χ3n) is 2.60. The van der Waals surface area contributed by atoms with E-state index in [0.29, 0.717) is 36.7 Å². The largest absolute Gasteiger partial charge is 0.384 e. The van der Waals surface area contributed by atoms with E-state index in [1.807, 2.05) is 6.92 Å². The summed E-state index contributed by atoms with van der Waals surface area (Å²) in [5.41, 5.74) is 5.68. The minimum atomic E-state index is -0.0361. The van der Waals surface area contributed by atoms with Crippen molar-refractivity contribution in [3.05, 3.63) is 11.9 Å². The third-order valence-corrected chi connectivity index (χ3v) is 2.60. The molecular weight excluding hydrogens is 246 g/mol. The van der Waals surface area contributed by atoms with Crippen molar-refractivity contribution in [3.8, 4) is 0 Å². The number of nitrogen functional groups attached to an aromatic ring is 1. The fourth-order valence-electron chi connectivity index (χ4n) is 1.54. The number of amides is 1. The summed E-state index contributed by atoms with van der Waals surface area (Å²) in [7, 11) is 0. The summed E-state index contributed by atoms with van der Waals surface area (Å²) in [4.78, 5) is 19.8. The normalized spacial score (nSPS) is 14.2. The van der Waals surface area contributed by atoms with Gasteiger partial charge < -0.3 is 21.1 Å². The summed E-state index contributed by atoms with van der Waals surface area (Å²) in [5.74, 6) is 1.36. The van der Waals surface area contributed by atoms with E-state index in [4.69, 9.17) is 10.5 Å². The second-order valence-electron chi connectivity index (χ2n) is 4.43. The van der Waals surface area contributed by atoms with Crippen LogP contribution >= 0.6 is 0 Å². The second kappa shape index (κ2) is 6.33. The highest BCUT2D eigenvalue weighted by Gasteiger charge is 2.22. The van der Waals surface area contributed by atoms with Crippen LogP contribution in [0.5, 0.6) is 0 Å². The first-order chi connectivity index (χ1) is 9.17. The fourth-order valence-corrected chi connectivity index (χ4v) is 1.54. The first kappa shape index (κ1) is 13.5. The summed E-state index contributed by atoms with van der Waals surface area (Å²) >= 11 is 0. The number of nitrogens with two attached hydrogens (primary N) is 1. The minimum absolute atomic E-state index is 0.0361. The van der Waals surface area contributed by atoms with Crippen LogP contribution in [0.15, 0.2) is 6.07 Å². The highest BCUT2D eigenvalue weighted by Crippen LogP contribution is 2.18. The molecule has 0 spiro atoms. The monoisotopic (exact) mass is 265 g/mol. The first-order valence-corrected chi connectivity index (χ1v) is 6.41. The molecule has 1 aromatic rings. The van der Waals surface area contributed by atoms with E-state index >= 15 is 0 Å². The van der Waals surface area contributed by atoms with E-state index in [2.05, 4.69) is 20.6 Å². The molecule has 4 N–H and O–H groups in total. The molecule has 7 nitrogen and oxygen atoms in total. The van der Waals surface area contributed by atoms with Gasteiger partial charge >= 0.3 is 0 Å². The number of hydrogen-bond donors (Lipinski definition) is 3. The Hall–Kier alpha value is -1.89. The lowest BCUT2D eigenvalue weighted by Gasteiger charge is -2.08. The summed E-state index contributed by atoms with van der Waals surface area (Å²) in [6, 6.07) is 1.96. The zero-order valence-electron chi connectivity index (χ0n) is 11.0. The molecule has 2 rings (SSSR count). The Morgan fingerprint density at radius 2 is 2.32 bits per heavy atom. The first-order valence-electron chi connectivity index (χ1n) is 6.41. The number of carbonyl (C=O) groups is 1. The number of hydrogen-bond acceptors (Lipinski definition) is 6. The number of aromatic nitrogens is 2. The molecule has 0 radical (unpaired) electrons. The summed E-state index contributed by atoms with van der Waals surface area (Å²) < 4.78 is 5.23. The topological polar surface area (TPSA) is 102 Å². The predicted octanol–water partition coefficient (Wildman–Crippen LogP) is 0.286. The third kappa shape index (κ3) is 4.70. The lowest BCUT2D eigenvalue weighted by molar-refractivity contribution is -0.119. The number of ether oxygens (including phenoxy) is 1. The van der Waals surface area contributed by atoms with E-state index in [0.717, 1.165) is 12.8 Å². The molecule has 0 bridgehead atoms. The van der Waals surface area contributed by atoms with Gasteiger partial charge in [0, 0.05) is 18.7 Å². The highest BCUT2D eigenvalue weighted by atomic mass is 16.5. The van der Waals surface area contributed by atoms with Crippen molar-refractivity contribution in [1.29, 1.82) is 0 Å². The van der Waals surface area contributed by atoms with E-state index < -0.39 is 0 Å². The molecule has 7 heteroatoms. The van der Waals surface area contributed by atoms with Crippen molar-refractivity contribution in [2.45, 2.75) is 32.4 Å². The van der Waals surface area contributed by atoms with Crippen LogP contribution in [0.3, 0.4) is 0 Å². The lowest BCUT2D eigenvalue weighted by Crippen LogP contribution is -2.31. The van der Waals surface area contributed by atoms with Gasteiger partial charge in [0.05, 0.1) is 6.54 Å². The van der Waals surface area contributed by atoms with Crippen molar-refractivity contribution in [3.63, 3.8) is 0 Å². The minimum Gasteiger partial charge on any atom is -0.384 e.